The highest BCUT2D eigenvalue weighted by Crippen LogP contribution is 2.45. The monoisotopic (exact) mass is 418 g/mol. The Morgan fingerprint density at radius 1 is 0.812 bits per heavy atom. The Hall–Kier alpha value is -3.65. The Kier molecular flexibility index (Phi) is 5.60. The van der Waals surface area contributed by atoms with Crippen LogP contribution in [-0.4, -0.2) is 10.9 Å². The minimum absolute atomic E-state index is 0.243. The van der Waals surface area contributed by atoms with E-state index in [1.54, 1.807) is 12.1 Å². The number of carbonyl (C=O) groups excluding carboxylic acids is 1. The Morgan fingerprint density at radius 2 is 1.56 bits per heavy atom. The van der Waals surface area contributed by atoms with Crippen LogP contribution in [-0.2, 0) is 17.6 Å². The van der Waals surface area contributed by atoms with Crippen LogP contribution >= 0.6 is 0 Å². The lowest BCUT2D eigenvalue weighted by molar-refractivity contribution is -0.117. The molecule has 2 heteroatoms. The molecule has 0 bridgehead atoms. The van der Waals surface area contributed by atoms with Gasteiger partial charge in [0.1, 0.15) is 11.5 Å². The lowest BCUT2D eigenvalue weighted by Crippen LogP contribution is -2.09. The molecule has 0 aliphatic heterocycles. The van der Waals surface area contributed by atoms with E-state index in [4.69, 9.17) is 0 Å². The Labute approximate surface area is 189 Å². The van der Waals surface area contributed by atoms with Gasteiger partial charge in [0.2, 0.25) is 0 Å². The molecule has 32 heavy (non-hydrogen) atoms. The van der Waals surface area contributed by atoms with E-state index in [9.17, 15) is 9.90 Å². The van der Waals surface area contributed by atoms with Crippen molar-refractivity contribution < 1.29 is 9.90 Å². The Bertz CT molecular complexity index is 1230. The summed E-state index contributed by atoms with van der Waals surface area (Å²) in [6, 6.07) is 26.0. The van der Waals surface area contributed by atoms with Crippen molar-refractivity contribution in [1.29, 1.82) is 0 Å². The molecule has 0 saturated heterocycles. The first-order valence-electron chi connectivity index (χ1n) is 11.2. The van der Waals surface area contributed by atoms with Crippen LogP contribution in [0.25, 0.3) is 6.08 Å². The van der Waals surface area contributed by atoms with Gasteiger partial charge in [0.25, 0.3) is 0 Å². The van der Waals surface area contributed by atoms with Crippen molar-refractivity contribution in [2.24, 2.45) is 0 Å². The minimum Gasteiger partial charge on any atom is -0.508 e. The van der Waals surface area contributed by atoms with E-state index in [-0.39, 0.29) is 17.5 Å². The smallest absolute Gasteiger partial charge is 0.141 e. The predicted octanol–water partition coefficient (Wildman–Crippen LogP) is 6.57. The quantitative estimate of drug-likeness (QED) is 0.471. The van der Waals surface area contributed by atoms with E-state index >= 15 is 0 Å². The van der Waals surface area contributed by atoms with E-state index in [0.717, 1.165) is 24.0 Å². The molecule has 1 unspecified atom stereocenters. The zero-order valence-electron chi connectivity index (χ0n) is 18.0. The van der Waals surface area contributed by atoms with Crippen molar-refractivity contribution in [2.75, 3.05) is 0 Å². The average molecular weight is 419 g/mol. The van der Waals surface area contributed by atoms with Gasteiger partial charge in [-0.05, 0) is 63.9 Å². The van der Waals surface area contributed by atoms with Crippen molar-refractivity contribution in [3.05, 3.63) is 130 Å². The van der Waals surface area contributed by atoms with Crippen molar-refractivity contribution in [3.63, 3.8) is 0 Å². The van der Waals surface area contributed by atoms with Crippen LogP contribution in [0.2, 0.25) is 0 Å². The highest BCUT2D eigenvalue weighted by atomic mass is 16.3. The molecule has 0 heterocycles. The van der Waals surface area contributed by atoms with Gasteiger partial charge in [-0.25, -0.2) is 0 Å². The fraction of sp³-hybridized carbons (Fsp3) is 0.167. The summed E-state index contributed by atoms with van der Waals surface area (Å²) >= 11 is 0. The number of allylic oxidation sites excluding steroid dienone is 5. The SMILES string of the molecule is O=C(CC1=CCC=C1C1=Cc2ccccc2C1Cc1ccc(O)cc1)Cc1ccccc1. The summed E-state index contributed by atoms with van der Waals surface area (Å²) in [6.45, 7) is 0. The molecular weight excluding hydrogens is 392 g/mol. The van der Waals surface area contributed by atoms with Gasteiger partial charge in [-0.15, -0.1) is 0 Å². The molecular formula is C30H26O2. The van der Waals surface area contributed by atoms with Crippen LogP contribution in [0.3, 0.4) is 0 Å². The molecule has 2 nitrogen and oxygen atoms in total. The molecule has 5 rings (SSSR count). The van der Waals surface area contributed by atoms with Gasteiger partial charge >= 0.3 is 0 Å². The van der Waals surface area contributed by atoms with Crippen LogP contribution in [0, 0.1) is 0 Å². The second kappa shape index (κ2) is 8.84. The van der Waals surface area contributed by atoms with Gasteiger partial charge in [-0.1, -0.05) is 85.0 Å². The predicted molar refractivity (Wildman–Crippen MR) is 130 cm³/mol. The lowest BCUT2D eigenvalue weighted by atomic mass is 9.83. The molecule has 0 fully saturated rings. The van der Waals surface area contributed by atoms with Gasteiger partial charge in [0.05, 0.1) is 0 Å². The standard InChI is InChI=1S/C30H26O2/c31-25-15-13-22(14-16-25)18-29-27-11-5-4-9-24(27)20-30(29)28-12-6-10-23(28)19-26(32)17-21-7-2-1-3-8-21/h1-5,7-16,20,29,31H,6,17-19H2. The number of aromatic hydroxyl groups is 1. The van der Waals surface area contributed by atoms with Crippen LogP contribution in [0.4, 0.5) is 0 Å². The van der Waals surface area contributed by atoms with Gasteiger partial charge in [0, 0.05) is 18.8 Å². The molecule has 3 aromatic rings. The summed E-state index contributed by atoms with van der Waals surface area (Å²) in [6.07, 6.45) is 9.47. The third kappa shape index (κ3) is 4.22. The normalized spacial score (nSPS) is 16.9. The molecule has 1 atom stereocenters. The number of hydrogen-bond acceptors (Lipinski definition) is 2. The summed E-state index contributed by atoms with van der Waals surface area (Å²) in [7, 11) is 0. The molecule has 0 aromatic heterocycles. The van der Waals surface area contributed by atoms with Gasteiger partial charge in [-0.2, -0.15) is 0 Å². The number of carbonyl (C=O) groups is 1. The van der Waals surface area contributed by atoms with Crippen molar-refractivity contribution in [1.82, 2.24) is 0 Å². The first-order chi connectivity index (χ1) is 15.7. The highest BCUT2D eigenvalue weighted by Gasteiger charge is 2.30. The molecule has 0 amide bonds. The summed E-state index contributed by atoms with van der Waals surface area (Å²) in [4.78, 5) is 12.8. The maximum Gasteiger partial charge on any atom is 0.141 e. The summed E-state index contributed by atoms with van der Waals surface area (Å²) in [5, 5.41) is 9.66. The van der Waals surface area contributed by atoms with Crippen molar-refractivity contribution in [3.8, 4) is 5.75 Å². The van der Waals surface area contributed by atoms with E-state index in [1.165, 1.54) is 27.8 Å². The zero-order chi connectivity index (χ0) is 21.9. The molecule has 1 N–H and O–H groups in total. The number of Topliss-reactive ketones (excluding diaryl/α,β-unsaturated/α-hetero) is 1. The third-order valence-corrected chi connectivity index (χ3v) is 6.41. The highest BCUT2D eigenvalue weighted by molar-refractivity contribution is 5.86. The molecule has 158 valence electrons. The first kappa shape index (κ1) is 20.3. The number of hydrogen-bond donors (Lipinski definition) is 1. The fourth-order valence-electron chi connectivity index (χ4n) is 4.88. The second-order valence-electron chi connectivity index (χ2n) is 8.61. The van der Waals surface area contributed by atoms with Crippen LogP contribution in [0.15, 0.2) is 108 Å². The van der Waals surface area contributed by atoms with E-state index in [0.29, 0.717) is 12.8 Å². The first-order valence-corrected chi connectivity index (χ1v) is 11.2. The van der Waals surface area contributed by atoms with Crippen LogP contribution < -0.4 is 0 Å². The average Bonchev–Trinajstić information content (AvgIpc) is 3.40. The summed E-state index contributed by atoms with van der Waals surface area (Å²) < 4.78 is 0. The molecule has 2 aliphatic rings. The third-order valence-electron chi connectivity index (χ3n) is 6.41. The summed E-state index contributed by atoms with van der Waals surface area (Å²) in [5.74, 6) is 0.783. The summed E-state index contributed by atoms with van der Waals surface area (Å²) in [5.41, 5.74) is 8.54. The molecule has 0 radical (unpaired) electrons. The number of fused-ring (bicyclic) bond motifs is 1. The van der Waals surface area contributed by atoms with E-state index in [2.05, 4.69) is 42.5 Å². The minimum atomic E-state index is 0.243. The Balaban J connectivity index is 1.38. The van der Waals surface area contributed by atoms with Gasteiger partial charge in [0.15, 0.2) is 0 Å². The van der Waals surface area contributed by atoms with Gasteiger partial charge in [-0.3, -0.25) is 4.79 Å². The van der Waals surface area contributed by atoms with Crippen LogP contribution in [0.1, 0.15) is 41.0 Å². The maximum absolute atomic E-state index is 12.8. The molecule has 0 saturated carbocycles. The number of phenols is 1. The van der Waals surface area contributed by atoms with Gasteiger partial charge < -0.3 is 5.11 Å². The number of ketones is 1. The maximum atomic E-state index is 12.8. The number of phenolic OH excluding ortho intramolecular Hbond substituents is 1. The topological polar surface area (TPSA) is 37.3 Å². The molecule has 3 aromatic carbocycles. The fourth-order valence-corrected chi connectivity index (χ4v) is 4.88. The molecule has 2 aliphatic carbocycles. The largest absolute Gasteiger partial charge is 0.508 e. The number of benzene rings is 3. The lowest BCUT2D eigenvalue weighted by Gasteiger charge is -2.20. The second-order valence-corrected chi connectivity index (χ2v) is 8.61. The Morgan fingerprint density at radius 3 is 2.38 bits per heavy atom. The number of rotatable bonds is 7. The van der Waals surface area contributed by atoms with E-state index in [1.807, 2.05) is 42.5 Å². The van der Waals surface area contributed by atoms with Crippen molar-refractivity contribution in [2.45, 2.75) is 31.6 Å². The molecule has 0 spiro atoms. The zero-order valence-corrected chi connectivity index (χ0v) is 18.0. The van der Waals surface area contributed by atoms with E-state index < -0.39 is 0 Å². The van der Waals surface area contributed by atoms with Crippen LogP contribution in [0.5, 0.6) is 5.75 Å². The van der Waals surface area contributed by atoms with Crippen molar-refractivity contribution >= 4 is 11.9 Å².